The molecule has 1 saturated carbocycles. The molecule has 0 aromatic heterocycles. The molecule has 0 bridgehead atoms. The number of piperidine rings is 1. The first-order valence-corrected chi connectivity index (χ1v) is 9.75. The van der Waals surface area contributed by atoms with Crippen molar-refractivity contribution in [3.63, 3.8) is 0 Å². The smallest absolute Gasteiger partial charge is 0.316 e. The fraction of sp³-hybridized carbons (Fsp3) is 0.348. The van der Waals surface area contributed by atoms with Gasteiger partial charge in [-0.1, -0.05) is 24.3 Å². The number of hydrogen-bond donors (Lipinski definition) is 0. The van der Waals surface area contributed by atoms with Gasteiger partial charge in [-0.05, 0) is 61.1 Å². The maximum Gasteiger partial charge on any atom is 0.316 e. The summed E-state index contributed by atoms with van der Waals surface area (Å²) in [5.74, 6) is 0.371. The van der Waals surface area contributed by atoms with E-state index in [0.29, 0.717) is 17.9 Å². The number of likely N-dealkylation sites (tertiary alicyclic amines) is 1. The molecule has 1 amide bonds. The number of nitrogens with zero attached hydrogens (tertiary/aromatic N) is 2. The molecule has 1 aliphatic heterocycles. The number of ether oxygens (including phenoxy) is 1. The highest BCUT2D eigenvalue weighted by Gasteiger charge is 2.37. The maximum absolute atomic E-state index is 12.6. The molecule has 0 N–H and O–H groups in total. The number of carbonyl (C=O) groups is 2. The monoisotopic (exact) mass is 374 g/mol. The number of hydrogen-bond acceptors (Lipinski definition) is 4. The SMILES string of the molecule is N#Cc1ccc(-c2ccc(OC(=O)C3CCCN(C(=O)C4CC4)C3)cc2)cc1. The third-order valence-electron chi connectivity index (χ3n) is 5.41. The number of amides is 1. The van der Waals surface area contributed by atoms with E-state index in [9.17, 15) is 9.59 Å². The minimum absolute atomic E-state index is 0.185. The topological polar surface area (TPSA) is 70.4 Å². The van der Waals surface area contributed by atoms with Crippen molar-refractivity contribution in [1.82, 2.24) is 4.90 Å². The number of benzene rings is 2. The van der Waals surface area contributed by atoms with Crippen LogP contribution in [0.25, 0.3) is 11.1 Å². The minimum atomic E-state index is -0.264. The van der Waals surface area contributed by atoms with Gasteiger partial charge in [-0.2, -0.15) is 5.26 Å². The standard InChI is InChI=1S/C23H22N2O3/c24-14-16-3-5-17(6-4-16)18-9-11-21(12-10-18)28-23(27)20-2-1-13-25(15-20)22(26)19-7-8-19/h3-6,9-12,19-20H,1-2,7-8,13,15H2. The highest BCUT2D eigenvalue weighted by molar-refractivity contribution is 5.82. The van der Waals surface area contributed by atoms with E-state index in [2.05, 4.69) is 6.07 Å². The van der Waals surface area contributed by atoms with E-state index in [1.807, 2.05) is 29.2 Å². The van der Waals surface area contributed by atoms with Crippen molar-refractivity contribution in [1.29, 1.82) is 5.26 Å². The van der Waals surface area contributed by atoms with Crippen molar-refractivity contribution in [3.05, 3.63) is 54.1 Å². The molecule has 2 aliphatic rings. The predicted octanol–water partition coefficient (Wildman–Crippen LogP) is 3.78. The van der Waals surface area contributed by atoms with Gasteiger partial charge in [-0.25, -0.2) is 0 Å². The molecule has 2 aromatic carbocycles. The molecular weight excluding hydrogens is 352 g/mol. The van der Waals surface area contributed by atoms with Gasteiger partial charge >= 0.3 is 5.97 Å². The highest BCUT2D eigenvalue weighted by Crippen LogP contribution is 2.33. The first-order valence-electron chi connectivity index (χ1n) is 9.75. The van der Waals surface area contributed by atoms with E-state index in [1.165, 1.54) is 0 Å². The van der Waals surface area contributed by atoms with Crippen LogP contribution in [0.5, 0.6) is 5.75 Å². The molecule has 1 unspecified atom stereocenters. The van der Waals surface area contributed by atoms with Crippen LogP contribution in [0, 0.1) is 23.2 Å². The lowest BCUT2D eigenvalue weighted by Gasteiger charge is -2.31. The average Bonchev–Trinajstić information content (AvgIpc) is 3.59. The van der Waals surface area contributed by atoms with Crippen LogP contribution in [-0.4, -0.2) is 29.9 Å². The summed E-state index contributed by atoms with van der Waals surface area (Å²) in [5, 5.41) is 8.88. The summed E-state index contributed by atoms with van der Waals surface area (Å²) in [4.78, 5) is 26.6. The zero-order valence-electron chi connectivity index (χ0n) is 15.6. The molecule has 1 atom stereocenters. The number of rotatable bonds is 4. The molecule has 142 valence electrons. The van der Waals surface area contributed by atoms with Crippen molar-refractivity contribution >= 4 is 11.9 Å². The lowest BCUT2D eigenvalue weighted by Crippen LogP contribution is -2.44. The summed E-state index contributed by atoms with van der Waals surface area (Å²) in [7, 11) is 0. The summed E-state index contributed by atoms with van der Waals surface area (Å²) >= 11 is 0. The van der Waals surface area contributed by atoms with Gasteiger partial charge in [0.1, 0.15) is 5.75 Å². The van der Waals surface area contributed by atoms with Crippen LogP contribution in [-0.2, 0) is 9.59 Å². The minimum Gasteiger partial charge on any atom is -0.426 e. The van der Waals surface area contributed by atoms with Gasteiger partial charge in [0.25, 0.3) is 0 Å². The molecular formula is C23H22N2O3. The Balaban J connectivity index is 1.37. The van der Waals surface area contributed by atoms with Crippen LogP contribution in [0.15, 0.2) is 48.5 Å². The molecule has 5 nitrogen and oxygen atoms in total. The largest absolute Gasteiger partial charge is 0.426 e. The van der Waals surface area contributed by atoms with Crippen molar-refractivity contribution in [2.45, 2.75) is 25.7 Å². The summed E-state index contributed by atoms with van der Waals surface area (Å²) in [5.41, 5.74) is 2.61. The van der Waals surface area contributed by atoms with Crippen LogP contribution in [0.1, 0.15) is 31.2 Å². The first kappa shape index (κ1) is 18.2. The zero-order chi connectivity index (χ0) is 19.5. The van der Waals surface area contributed by atoms with Crippen molar-refractivity contribution in [3.8, 4) is 22.9 Å². The third-order valence-corrected chi connectivity index (χ3v) is 5.41. The van der Waals surface area contributed by atoms with E-state index in [-0.39, 0.29) is 23.7 Å². The second-order valence-corrected chi connectivity index (χ2v) is 7.53. The quantitative estimate of drug-likeness (QED) is 0.603. The molecule has 28 heavy (non-hydrogen) atoms. The number of carbonyl (C=O) groups excluding carboxylic acids is 2. The Hall–Kier alpha value is -3.13. The maximum atomic E-state index is 12.6. The highest BCUT2D eigenvalue weighted by atomic mass is 16.5. The first-order chi connectivity index (χ1) is 13.6. The molecule has 1 heterocycles. The van der Waals surface area contributed by atoms with Gasteiger partial charge in [-0.3, -0.25) is 9.59 Å². The fourth-order valence-corrected chi connectivity index (χ4v) is 3.61. The van der Waals surface area contributed by atoms with E-state index in [0.717, 1.165) is 43.4 Å². The van der Waals surface area contributed by atoms with Crippen LogP contribution >= 0.6 is 0 Å². The molecule has 5 heteroatoms. The Bertz CT molecular complexity index is 908. The van der Waals surface area contributed by atoms with Crippen molar-refractivity contribution in [2.24, 2.45) is 11.8 Å². The third kappa shape index (κ3) is 4.07. The molecule has 1 aliphatic carbocycles. The summed E-state index contributed by atoms with van der Waals surface area (Å²) < 4.78 is 5.57. The second-order valence-electron chi connectivity index (χ2n) is 7.53. The Labute approximate surface area is 164 Å². The lowest BCUT2D eigenvalue weighted by molar-refractivity contribution is -0.143. The number of esters is 1. The van der Waals surface area contributed by atoms with Crippen LogP contribution in [0.3, 0.4) is 0 Å². The average molecular weight is 374 g/mol. The van der Waals surface area contributed by atoms with Gasteiger partial charge < -0.3 is 9.64 Å². The van der Waals surface area contributed by atoms with Gasteiger partial charge in [0, 0.05) is 19.0 Å². The van der Waals surface area contributed by atoms with Gasteiger partial charge in [0.2, 0.25) is 5.91 Å². The molecule has 1 saturated heterocycles. The van der Waals surface area contributed by atoms with Crippen LogP contribution in [0.4, 0.5) is 0 Å². The van der Waals surface area contributed by atoms with Gasteiger partial charge in [0.15, 0.2) is 0 Å². The Morgan fingerprint density at radius 2 is 1.57 bits per heavy atom. The Morgan fingerprint density at radius 1 is 0.929 bits per heavy atom. The summed E-state index contributed by atoms with van der Waals surface area (Å²) in [6.45, 7) is 1.22. The normalized spacial score (nSPS) is 19.0. The Kier molecular flexibility index (Phi) is 5.12. The van der Waals surface area contributed by atoms with E-state index >= 15 is 0 Å². The lowest BCUT2D eigenvalue weighted by atomic mass is 9.98. The van der Waals surface area contributed by atoms with E-state index < -0.39 is 0 Å². The van der Waals surface area contributed by atoms with E-state index in [1.54, 1.807) is 24.3 Å². The molecule has 4 rings (SSSR count). The van der Waals surface area contributed by atoms with Gasteiger partial charge in [-0.15, -0.1) is 0 Å². The predicted molar refractivity (Wildman–Crippen MR) is 104 cm³/mol. The molecule has 0 spiro atoms. The van der Waals surface area contributed by atoms with Crippen molar-refractivity contribution in [2.75, 3.05) is 13.1 Å². The van der Waals surface area contributed by atoms with Crippen LogP contribution < -0.4 is 4.74 Å². The molecule has 2 aromatic rings. The molecule has 0 radical (unpaired) electrons. The van der Waals surface area contributed by atoms with Gasteiger partial charge in [0.05, 0.1) is 17.6 Å². The molecule has 2 fully saturated rings. The van der Waals surface area contributed by atoms with Crippen LogP contribution in [0.2, 0.25) is 0 Å². The second kappa shape index (κ2) is 7.85. The van der Waals surface area contributed by atoms with E-state index in [4.69, 9.17) is 10.00 Å². The number of nitriles is 1. The van der Waals surface area contributed by atoms with Crippen molar-refractivity contribution < 1.29 is 14.3 Å². The zero-order valence-corrected chi connectivity index (χ0v) is 15.6. The fourth-order valence-electron chi connectivity index (χ4n) is 3.61. The summed E-state index contributed by atoms with van der Waals surface area (Å²) in [6, 6.07) is 16.8. The Morgan fingerprint density at radius 3 is 2.18 bits per heavy atom. The summed E-state index contributed by atoms with van der Waals surface area (Å²) in [6.07, 6.45) is 3.57.